The van der Waals surface area contributed by atoms with Gasteiger partial charge in [0.15, 0.2) is 0 Å². The van der Waals surface area contributed by atoms with Crippen molar-refractivity contribution in [3.05, 3.63) is 11.8 Å². The highest BCUT2D eigenvalue weighted by molar-refractivity contribution is 5.92. The van der Waals surface area contributed by atoms with E-state index in [1.54, 1.807) is 41.5 Å². The van der Waals surface area contributed by atoms with Gasteiger partial charge >= 0.3 is 18.0 Å². The molecule has 0 aliphatic carbocycles. The summed E-state index contributed by atoms with van der Waals surface area (Å²) in [7, 11) is 0. The van der Waals surface area contributed by atoms with Gasteiger partial charge < -0.3 is 14.6 Å². The van der Waals surface area contributed by atoms with Gasteiger partial charge in [-0.15, -0.1) is 0 Å². The predicted molar refractivity (Wildman–Crippen MR) is 78.0 cm³/mol. The molecule has 7 nitrogen and oxygen atoms in total. The molecule has 0 bridgehead atoms. The Morgan fingerprint density at radius 2 is 1.59 bits per heavy atom. The van der Waals surface area contributed by atoms with Gasteiger partial charge in [0.2, 0.25) is 0 Å². The van der Waals surface area contributed by atoms with Crippen LogP contribution in [-0.4, -0.2) is 45.3 Å². The van der Waals surface area contributed by atoms with Crippen LogP contribution in [0.2, 0.25) is 0 Å². The van der Waals surface area contributed by atoms with E-state index >= 15 is 0 Å². The van der Waals surface area contributed by atoms with E-state index in [0.717, 1.165) is 11.1 Å². The molecule has 0 spiro atoms. The quantitative estimate of drug-likeness (QED) is 0.786. The Morgan fingerprint density at radius 1 is 1.09 bits per heavy atom. The summed E-state index contributed by atoms with van der Waals surface area (Å²) < 4.78 is 10.4. The first kappa shape index (κ1) is 18.0. The zero-order valence-electron chi connectivity index (χ0n) is 13.8. The van der Waals surface area contributed by atoms with Crippen molar-refractivity contribution in [2.75, 3.05) is 0 Å². The molecule has 0 aromatic carbocycles. The van der Waals surface area contributed by atoms with Crippen molar-refractivity contribution < 1.29 is 29.0 Å². The van der Waals surface area contributed by atoms with Crippen molar-refractivity contribution in [1.82, 2.24) is 4.90 Å². The summed E-state index contributed by atoms with van der Waals surface area (Å²) in [5.41, 5.74) is -1.53. The molecule has 1 aliphatic rings. The van der Waals surface area contributed by atoms with Crippen LogP contribution in [0.5, 0.6) is 0 Å². The SMILES string of the molecule is CC(C)(C)OC(=O)C1CC(C(=O)O)=CN1C(=O)OC(C)(C)C. The average Bonchev–Trinajstić information content (AvgIpc) is 2.68. The summed E-state index contributed by atoms with van der Waals surface area (Å²) in [6.07, 6.45) is 0.244. The van der Waals surface area contributed by atoms with Gasteiger partial charge in [-0.1, -0.05) is 0 Å². The summed E-state index contributed by atoms with van der Waals surface area (Å²) in [5.74, 6) is -1.84. The molecule has 22 heavy (non-hydrogen) atoms. The van der Waals surface area contributed by atoms with Crippen molar-refractivity contribution in [1.29, 1.82) is 0 Å². The minimum atomic E-state index is -1.18. The largest absolute Gasteiger partial charge is 0.478 e. The maximum Gasteiger partial charge on any atom is 0.415 e. The number of amides is 1. The zero-order valence-corrected chi connectivity index (χ0v) is 13.8. The van der Waals surface area contributed by atoms with Gasteiger partial charge in [0.25, 0.3) is 0 Å². The van der Waals surface area contributed by atoms with Gasteiger partial charge in [0.1, 0.15) is 17.2 Å². The molecule has 0 fully saturated rings. The summed E-state index contributed by atoms with van der Waals surface area (Å²) >= 11 is 0. The van der Waals surface area contributed by atoms with Gasteiger partial charge in [-0.05, 0) is 41.5 Å². The fourth-order valence-electron chi connectivity index (χ4n) is 1.82. The predicted octanol–water partition coefficient (Wildman–Crippen LogP) is 2.31. The molecule has 0 radical (unpaired) electrons. The molecule has 1 atom stereocenters. The van der Waals surface area contributed by atoms with E-state index in [0.29, 0.717) is 0 Å². The summed E-state index contributed by atoms with van der Waals surface area (Å²) in [4.78, 5) is 36.5. The maximum absolute atomic E-state index is 12.2. The van der Waals surface area contributed by atoms with Crippen molar-refractivity contribution in [3.8, 4) is 0 Å². The number of hydrogen-bond donors (Lipinski definition) is 1. The molecule has 0 aromatic heterocycles. The number of hydrogen-bond acceptors (Lipinski definition) is 5. The second-order valence-electron chi connectivity index (χ2n) is 7.10. The van der Waals surface area contributed by atoms with Crippen molar-refractivity contribution in [3.63, 3.8) is 0 Å². The van der Waals surface area contributed by atoms with Crippen LogP contribution in [0.1, 0.15) is 48.0 Å². The Balaban J connectivity index is 2.98. The third kappa shape index (κ3) is 5.05. The van der Waals surface area contributed by atoms with E-state index in [4.69, 9.17) is 14.6 Å². The van der Waals surface area contributed by atoms with E-state index in [9.17, 15) is 14.4 Å². The summed E-state index contributed by atoms with van der Waals surface area (Å²) in [6.45, 7) is 10.2. The molecule has 124 valence electrons. The van der Waals surface area contributed by atoms with Gasteiger partial charge in [-0.3, -0.25) is 4.90 Å². The van der Waals surface area contributed by atoms with Crippen LogP contribution < -0.4 is 0 Å². The standard InChI is InChI=1S/C15H23NO6/c1-14(2,3)21-12(19)10-7-9(11(17)18)8-16(10)13(20)22-15(4,5)6/h8,10H,7H2,1-6H3,(H,17,18). The molecule has 0 saturated heterocycles. The Kier molecular flexibility index (Phi) is 4.89. The number of esters is 1. The number of nitrogens with zero attached hydrogens (tertiary/aromatic N) is 1. The minimum Gasteiger partial charge on any atom is -0.478 e. The van der Waals surface area contributed by atoms with E-state index in [1.165, 1.54) is 0 Å². The molecule has 0 saturated carbocycles. The molecule has 1 heterocycles. The normalized spacial score (nSPS) is 18.7. The number of carboxylic acids is 1. The van der Waals surface area contributed by atoms with Crippen LogP contribution in [0.25, 0.3) is 0 Å². The molecule has 1 unspecified atom stereocenters. The van der Waals surface area contributed by atoms with Crippen LogP contribution in [0.4, 0.5) is 4.79 Å². The number of ether oxygens (including phenoxy) is 2. The van der Waals surface area contributed by atoms with Crippen molar-refractivity contribution >= 4 is 18.0 Å². The average molecular weight is 313 g/mol. The Morgan fingerprint density at radius 3 is 2.00 bits per heavy atom. The Labute approximate surface area is 129 Å². The molecule has 1 N–H and O–H groups in total. The zero-order chi connectivity index (χ0) is 17.3. The lowest BCUT2D eigenvalue weighted by molar-refractivity contribution is -0.159. The van der Waals surface area contributed by atoms with Crippen molar-refractivity contribution in [2.24, 2.45) is 0 Å². The lowest BCUT2D eigenvalue weighted by Crippen LogP contribution is -2.44. The smallest absolute Gasteiger partial charge is 0.415 e. The van der Waals surface area contributed by atoms with Crippen molar-refractivity contribution in [2.45, 2.75) is 65.2 Å². The monoisotopic (exact) mass is 313 g/mol. The van der Waals surface area contributed by atoms with Crippen LogP contribution in [0, 0.1) is 0 Å². The summed E-state index contributed by atoms with van der Waals surface area (Å²) in [5, 5.41) is 9.08. The highest BCUT2D eigenvalue weighted by Gasteiger charge is 2.40. The molecular weight excluding hydrogens is 290 g/mol. The maximum atomic E-state index is 12.2. The fourth-order valence-corrected chi connectivity index (χ4v) is 1.82. The van der Waals surface area contributed by atoms with Gasteiger partial charge in [0.05, 0.1) is 5.57 Å². The van der Waals surface area contributed by atoms with Crippen LogP contribution in [0.15, 0.2) is 11.8 Å². The molecule has 1 amide bonds. The number of aliphatic carboxylic acids is 1. The van der Waals surface area contributed by atoms with E-state index in [2.05, 4.69) is 0 Å². The molecule has 1 rings (SSSR count). The number of carboxylic acid groups (broad SMARTS) is 1. The van der Waals surface area contributed by atoms with E-state index in [1.807, 2.05) is 0 Å². The number of rotatable bonds is 2. The second-order valence-corrected chi connectivity index (χ2v) is 7.10. The first-order valence-electron chi connectivity index (χ1n) is 6.98. The van der Waals surface area contributed by atoms with E-state index < -0.39 is 35.3 Å². The molecular formula is C15H23NO6. The first-order chi connectivity index (χ1) is 9.80. The Hall–Kier alpha value is -2.05. The van der Waals surface area contributed by atoms with Gasteiger partial charge in [-0.25, -0.2) is 14.4 Å². The van der Waals surface area contributed by atoms with Crippen LogP contribution >= 0.6 is 0 Å². The number of carbonyl (C=O) groups excluding carboxylic acids is 2. The molecule has 0 aromatic rings. The summed E-state index contributed by atoms with van der Waals surface area (Å²) in [6, 6.07) is -1.03. The highest BCUT2D eigenvalue weighted by atomic mass is 16.6. The number of carbonyl (C=O) groups is 3. The molecule has 7 heteroatoms. The van der Waals surface area contributed by atoms with Crippen LogP contribution in [-0.2, 0) is 19.1 Å². The first-order valence-corrected chi connectivity index (χ1v) is 6.98. The molecule has 1 aliphatic heterocycles. The lowest BCUT2D eigenvalue weighted by Gasteiger charge is -2.29. The van der Waals surface area contributed by atoms with Gasteiger partial charge in [-0.2, -0.15) is 0 Å². The minimum absolute atomic E-state index is 0.0401. The third-order valence-corrected chi connectivity index (χ3v) is 2.60. The Bertz CT molecular complexity index is 509. The highest BCUT2D eigenvalue weighted by Crippen LogP contribution is 2.26. The fraction of sp³-hybridized carbons (Fsp3) is 0.667. The van der Waals surface area contributed by atoms with Crippen LogP contribution in [0.3, 0.4) is 0 Å². The third-order valence-electron chi connectivity index (χ3n) is 2.60. The van der Waals surface area contributed by atoms with E-state index in [-0.39, 0.29) is 12.0 Å². The van der Waals surface area contributed by atoms with Gasteiger partial charge in [0, 0.05) is 12.6 Å². The lowest BCUT2D eigenvalue weighted by atomic mass is 10.1. The topological polar surface area (TPSA) is 93.1 Å². The second kappa shape index (κ2) is 5.98.